The summed E-state index contributed by atoms with van der Waals surface area (Å²) < 4.78 is 1.58. The van der Waals surface area contributed by atoms with Crippen LogP contribution in [-0.2, 0) is 6.54 Å². The molecule has 2 heterocycles. The van der Waals surface area contributed by atoms with E-state index >= 15 is 0 Å². The topological polar surface area (TPSA) is 49.8 Å². The zero-order valence-corrected chi connectivity index (χ0v) is 12.8. The van der Waals surface area contributed by atoms with E-state index in [-0.39, 0.29) is 5.69 Å². The monoisotopic (exact) mass is 299 g/mol. The maximum atomic E-state index is 11.5. The number of aromatic nitrogens is 2. The Balaban J connectivity index is 1.72. The van der Waals surface area contributed by atoms with Crippen LogP contribution in [0.2, 0.25) is 0 Å². The Kier molecular flexibility index (Phi) is 3.66. The summed E-state index contributed by atoms with van der Waals surface area (Å²) in [5, 5.41) is 3.41. The van der Waals surface area contributed by atoms with Crippen LogP contribution in [0.4, 0.5) is 5.69 Å². The Bertz CT molecular complexity index is 796. The van der Waals surface area contributed by atoms with Gasteiger partial charge in [-0.3, -0.25) is 4.57 Å². The molecule has 0 aliphatic carbocycles. The van der Waals surface area contributed by atoms with Gasteiger partial charge in [0.25, 0.3) is 0 Å². The van der Waals surface area contributed by atoms with Gasteiger partial charge < -0.3 is 10.3 Å². The van der Waals surface area contributed by atoms with Gasteiger partial charge in [0.05, 0.1) is 5.69 Å². The lowest BCUT2D eigenvalue weighted by molar-refractivity contribution is 0.987. The third-order valence-corrected chi connectivity index (χ3v) is 4.43. The van der Waals surface area contributed by atoms with Crippen molar-refractivity contribution in [2.75, 3.05) is 5.32 Å². The first-order valence-corrected chi connectivity index (χ1v) is 7.61. The molecule has 0 saturated carbocycles. The number of hydrogen-bond acceptors (Lipinski definition) is 3. The first-order chi connectivity index (χ1) is 10.1. The van der Waals surface area contributed by atoms with Crippen LogP contribution in [0.25, 0.3) is 5.69 Å². The molecule has 0 bridgehead atoms. The van der Waals surface area contributed by atoms with Crippen molar-refractivity contribution in [3.05, 3.63) is 68.5 Å². The molecule has 3 aromatic rings. The molecule has 4 nitrogen and oxygen atoms in total. The summed E-state index contributed by atoms with van der Waals surface area (Å²) >= 11 is 1.83. The molecule has 0 radical (unpaired) electrons. The molecule has 0 atom stereocenters. The first kappa shape index (κ1) is 13.7. The summed E-state index contributed by atoms with van der Waals surface area (Å²) in [5.74, 6) is 0. The van der Waals surface area contributed by atoms with Crippen molar-refractivity contribution in [2.24, 2.45) is 0 Å². The van der Waals surface area contributed by atoms with Crippen LogP contribution >= 0.6 is 11.3 Å². The minimum absolute atomic E-state index is 0.125. The number of hydrogen-bond donors (Lipinski definition) is 2. The van der Waals surface area contributed by atoms with Crippen molar-refractivity contribution in [2.45, 2.75) is 20.4 Å². The molecule has 0 saturated heterocycles. The van der Waals surface area contributed by atoms with Gasteiger partial charge in [-0.15, -0.1) is 11.3 Å². The van der Waals surface area contributed by atoms with Crippen LogP contribution in [-0.4, -0.2) is 9.55 Å². The molecule has 2 N–H and O–H groups in total. The lowest BCUT2D eigenvalue weighted by Gasteiger charge is -2.07. The van der Waals surface area contributed by atoms with Crippen molar-refractivity contribution < 1.29 is 0 Å². The number of benzene rings is 1. The molecule has 0 amide bonds. The third-order valence-electron chi connectivity index (χ3n) is 3.42. The molecule has 0 unspecified atom stereocenters. The van der Waals surface area contributed by atoms with Gasteiger partial charge in [-0.25, -0.2) is 4.79 Å². The standard InChI is InChI=1S/C16H17N3OS/c1-11-9-13(12(2)21-11)10-18-14-3-5-15(6-4-14)19-8-7-17-16(19)20/h3-9,18H,10H2,1-2H3,(H,17,20). The van der Waals surface area contributed by atoms with Gasteiger partial charge in [-0.05, 0) is 49.7 Å². The molecular formula is C16H17N3OS. The second kappa shape index (κ2) is 5.61. The number of thiophene rings is 1. The largest absolute Gasteiger partial charge is 0.381 e. The van der Waals surface area contributed by atoms with E-state index in [1.165, 1.54) is 15.3 Å². The maximum absolute atomic E-state index is 11.5. The number of aryl methyl sites for hydroxylation is 2. The van der Waals surface area contributed by atoms with Gasteiger partial charge in [0.2, 0.25) is 0 Å². The van der Waals surface area contributed by atoms with E-state index in [9.17, 15) is 4.79 Å². The van der Waals surface area contributed by atoms with Crippen LogP contribution in [0.5, 0.6) is 0 Å². The lowest BCUT2D eigenvalue weighted by atomic mass is 10.2. The number of rotatable bonds is 4. The number of nitrogens with zero attached hydrogens (tertiary/aromatic N) is 1. The van der Waals surface area contributed by atoms with Crippen LogP contribution in [0, 0.1) is 13.8 Å². The average molecular weight is 299 g/mol. The average Bonchev–Trinajstić information content (AvgIpc) is 3.03. The van der Waals surface area contributed by atoms with Crippen molar-refractivity contribution in [3.63, 3.8) is 0 Å². The molecule has 2 aromatic heterocycles. The highest BCUT2D eigenvalue weighted by molar-refractivity contribution is 7.12. The van der Waals surface area contributed by atoms with E-state index in [0.717, 1.165) is 17.9 Å². The Labute approximate surface area is 127 Å². The van der Waals surface area contributed by atoms with E-state index in [4.69, 9.17) is 0 Å². The molecule has 0 aliphatic heterocycles. The minimum Gasteiger partial charge on any atom is -0.381 e. The summed E-state index contributed by atoms with van der Waals surface area (Å²) in [6, 6.07) is 10.1. The number of aromatic amines is 1. The van der Waals surface area contributed by atoms with Crippen LogP contribution < -0.4 is 11.0 Å². The van der Waals surface area contributed by atoms with Crippen molar-refractivity contribution in [3.8, 4) is 5.69 Å². The number of H-pyrrole nitrogens is 1. The molecular weight excluding hydrogens is 282 g/mol. The number of nitrogens with one attached hydrogen (secondary N) is 2. The molecule has 108 valence electrons. The Morgan fingerprint density at radius 1 is 1.24 bits per heavy atom. The quantitative estimate of drug-likeness (QED) is 0.775. The van der Waals surface area contributed by atoms with E-state index in [1.54, 1.807) is 17.0 Å². The second-order valence-corrected chi connectivity index (χ2v) is 6.43. The minimum atomic E-state index is -0.125. The lowest BCUT2D eigenvalue weighted by Crippen LogP contribution is -2.13. The summed E-state index contributed by atoms with van der Waals surface area (Å²) in [4.78, 5) is 16.9. The fourth-order valence-corrected chi connectivity index (χ4v) is 3.27. The summed E-state index contributed by atoms with van der Waals surface area (Å²) in [6.45, 7) is 5.10. The highest BCUT2D eigenvalue weighted by Crippen LogP contribution is 2.22. The molecule has 0 aliphatic rings. The predicted molar refractivity (Wildman–Crippen MR) is 87.5 cm³/mol. The van der Waals surface area contributed by atoms with Crippen LogP contribution in [0.1, 0.15) is 15.3 Å². The Hall–Kier alpha value is -2.27. The van der Waals surface area contributed by atoms with Crippen LogP contribution in [0.3, 0.4) is 0 Å². The Morgan fingerprint density at radius 2 is 2.00 bits per heavy atom. The van der Waals surface area contributed by atoms with Gasteiger partial charge >= 0.3 is 5.69 Å². The first-order valence-electron chi connectivity index (χ1n) is 6.80. The van der Waals surface area contributed by atoms with Crippen molar-refractivity contribution in [1.82, 2.24) is 9.55 Å². The zero-order valence-electron chi connectivity index (χ0n) is 12.0. The van der Waals surface area contributed by atoms with Gasteiger partial charge in [0.1, 0.15) is 0 Å². The molecule has 0 spiro atoms. The van der Waals surface area contributed by atoms with Gasteiger partial charge in [0, 0.05) is 34.4 Å². The number of imidazole rings is 1. The highest BCUT2D eigenvalue weighted by Gasteiger charge is 2.03. The second-order valence-electron chi connectivity index (χ2n) is 4.97. The van der Waals surface area contributed by atoms with E-state index < -0.39 is 0 Å². The predicted octanol–water partition coefficient (Wildman–Crippen LogP) is 3.46. The molecule has 3 rings (SSSR count). The third kappa shape index (κ3) is 2.92. The zero-order chi connectivity index (χ0) is 14.8. The number of anilines is 1. The van der Waals surface area contributed by atoms with Crippen molar-refractivity contribution >= 4 is 17.0 Å². The van der Waals surface area contributed by atoms with Crippen LogP contribution in [0.15, 0.2) is 47.5 Å². The van der Waals surface area contributed by atoms with E-state index in [0.29, 0.717) is 0 Å². The summed E-state index contributed by atoms with van der Waals surface area (Å²) in [5.41, 5.74) is 3.11. The van der Waals surface area contributed by atoms with Gasteiger partial charge in [-0.2, -0.15) is 0 Å². The summed E-state index contributed by atoms with van der Waals surface area (Å²) in [7, 11) is 0. The van der Waals surface area contributed by atoms with E-state index in [1.807, 2.05) is 35.6 Å². The normalized spacial score (nSPS) is 10.8. The van der Waals surface area contributed by atoms with Gasteiger partial charge in [0.15, 0.2) is 0 Å². The maximum Gasteiger partial charge on any atom is 0.330 e. The SMILES string of the molecule is Cc1cc(CNc2ccc(-n3cc[nH]c3=O)cc2)c(C)s1. The van der Waals surface area contributed by atoms with Gasteiger partial charge in [-0.1, -0.05) is 0 Å². The molecule has 0 fully saturated rings. The van der Waals surface area contributed by atoms with E-state index in [2.05, 4.69) is 30.2 Å². The van der Waals surface area contributed by atoms with Crippen molar-refractivity contribution in [1.29, 1.82) is 0 Å². The Morgan fingerprint density at radius 3 is 2.57 bits per heavy atom. The fourth-order valence-electron chi connectivity index (χ4n) is 2.32. The fraction of sp³-hybridized carbons (Fsp3) is 0.188. The smallest absolute Gasteiger partial charge is 0.330 e. The molecule has 21 heavy (non-hydrogen) atoms. The molecule has 5 heteroatoms. The molecule has 1 aromatic carbocycles. The highest BCUT2D eigenvalue weighted by atomic mass is 32.1. The summed E-state index contributed by atoms with van der Waals surface area (Å²) in [6.07, 6.45) is 3.36.